The lowest BCUT2D eigenvalue weighted by Gasteiger charge is -2.04. The molecule has 0 bridgehead atoms. The van der Waals surface area contributed by atoms with E-state index in [1.54, 1.807) is 25.1 Å². The Morgan fingerprint density at radius 2 is 2.11 bits per heavy atom. The van der Waals surface area contributed by atoms with Crippen LogP contribution >= 0.6 is 11.6 Å². The molecule has 0 saturated carbocycles. The fourth-order valence-electron chi connectivity index (χ4n) is 2.19. The first kappa shape index (κ1) is 12.9. The van der Waals surface area contributed by atoms with E-state index in [0.29, 0.717) is 27.2 Å². The molecule has 4 nitrogen and oxygen atoms in total. The molecule has 2 rings (SSSR count). The summed E-state index contributed by atoms with van der Waals surface area (Å²) in [4.78, 5) is 0. The van der Waals surface area contributed by atoms with E-state index < -0.39 is 10.0 Å². The van der Waals surface area contributed by atoms with Gasteiger partial charge in [0.2, 0.25) is 10.0 Å². The van der Waals surface area contributed by atoms with Gasteiger partial charge >= 0.3 is 0 Å². The van der Waals surface area contributed by atoms with Crippen molar-refractivity contribution in [2.45, 2.75) is 13.3 Å². The third kappa shape index (κ3) is 1.88. The molecule has 0 atom stereocenters. The Balaban J connectivity index is 3.03. The number of hydrogen-bond donors (Lipinski definition) is 0. The van der Waals surface area contributed by atoms with Crippen LogP contribution in [0.25, 0.3) is 10.9 Å². The van der Waals surface area contributed by atoms with Crippen LogP contribution in [0.2, 0.25) is 5.02 Å². The maximum absolute atomic E-state index is 11.8. The normalized spacial score (nSPS) is 11.7. The minimum absolute atomic E-state index is 0.134. The Bertz CT molecular complexity index is 769. The summed E-state index contributed by atoms with van der Waals surface area (Å²) in [6.07, 6.45) is 1.27. The van der Waals surface area contributed by atoms with E-state index >= 15 is 0 Å². The van der Waals surface area contributed by atoms with E-state index in [1.807, 2.05) is 6.07 Å². The van der Waals surface area contributed by atoms with Crippen LogP contribution in [0, 0.1) is 18.3 Å². The van der Waals surface area contributed by atoms with Crippen molar-refractivity contribution in [2.24, 2.45) is 0 Å². The lowest BCUT2D eigenvalue weighted by Crippen LogP contribution is -2.11. The van der Waals surface area contributed by atoms with Crippen LogP contribution in [0.15, 0.2) is 18.2 Å². The topological polar surface area (TPSA) is 62.9 Å². The molecular weight excluding hydrogens is 272 g/mol. The summed E-state index contributed by atoms with van der Waals surface area (Å²) in [5.74, 6) is 0. The first-order valence-electron chi connectivity index (χ1n) is 5.24. The number of rotatable bonds is 2. The Morgan fingerprint density at radius 1 is 1.44 bits per heavy atom. The molecule has 0 spiro atoms. The number of fused-ring (bicyclic) bond motifs is 1. The number of hydrogen-bond acceptors (Lipinski definition) is 3. The Hall–Kier alpha value is -1.51. The van der Waals surface area contributed by atoms with Crippen molar-refractivity contribution < 1.29 is 8.42 Å². The highest BCUT2D eigenvalue weighted by Crippen LogP contribution is 2.32. The van der Waals surface area contributed by atoms with Crippen molar-refractivity contribution in [2.75, 3.05) is 6.26 Å². The maximum Gasteiger partial charge on any atom is 0.236 e. The highest BCUT2D eigenvalue weighted by atomic mass is 35.5. The molecule has 0 N–H and O–H groups in total. The zero-order chi connectivity index (χ0) is 13.5. The molecule has 94 valence electrons. The van der Waals surface area contributed by atoms with Crippen molar-refractivity contribution in [3.8, 4) is 6.07 Å². The molecule has 0 aliphatic carbocycles. The third-order valence-corrected chi connectivity index (χ3v) is 4.29. The second-order valence-electron chi connectivity index (χ2n) is 4.06. The minimum atomic E-state index is -3.43. The lowest BCUT2D eigenvalue weighted by atomic mass is 10.1. The minimum Gasteiger partial charge on any atom is -0.242 e. The van der Waals surface area contributed by atoms with Crippen LogP contribution in [0.4, 0.5) is 0 Å². The molecule has 6 heteroatoms. The van der Waals surface area contributed by atoms with Crippen molar-refractivity contribution in [3.63, 3.8) is 0 Å². The molecule has 18 heavy (non-hydrogen) atoms. The standard InChI is InChI=1S/C12H11ClN2O2S/c1-8-9(6-7-14)12-10(13)4-3-5-11(12)15(8)18(2,16)17/h3-5H,6H2,1-2H3. The van der Waals surface area contributed by atoms with E-state index in [4.69, 9.17) is 16.9 Å². The monoisotopic (exact) mass is 282 g/mol. The molecule has 0 unspecified atom stereocenters. The summed E-state index contributed by atoms with van der Waals surface area (Å²) in [5, 5.41) is 9.96. The number of nitrogens with zero attached hydrogens (tertiary/aromatic N) is 2. The van der Waals surface area contributed by atoms with Gasteiger partial charge in [-0.1, -0.05) is 17.7 Å². The molecule has 1 heterocycles. The van der Waals surface area contributed by atoms with Gasteiger partial charge in [-0.15, -0.1) is 0 Å². The highest BCUT2D eigenvalue weighted by molar-refractivity contribution is 7.89. The van der Waals surface area contributed by atoms with E-state index in [2.05, 4.69) is 0 Å². The summed E-state index contributed by atoms with van der Waals surface area (Å²) >= 11 is 6.12. The van der Waals surface area contributed by atoms with Gasteiger partial charge in [0.25, 0.3) is 0 Å². The van der Waals surface area contributed by atoms with Crippen molar-refractivity contribution >= 4 is 32.5 Å². The summed E-state index contributed by atoms with van der Waals surface area (Å²) < 4.78 is 24.9. The Morgan fingerprint density at radius 3 is 2.67 bits per heavy atom. The van der Waals surface area contributed by atoms with Crippen LogP contribution in [0.1, 0.15) is 11.3 Å². The molecule has 1 aromatic heterocycles. The summed E-state index contributed by atoms with van der Waals surface area (Å²) in [5.41, 5.74) is 1.73. The zero-order valence-electron chi connectivity index (χ0n) is 9.94. The average Bonchev–Trinajstić information content (AvgIpc) is 2.53. The number of benzene rings is 1. The van der Waals surface area contributed by atoms with Crippen LogP contribution in [-0.4, -0.2) is 18.6 Å². The third-order valence-electron chi connectivity index (χ3n) is 2.84. The molecule has 0 aliphatic heterocycles. The predicted molar refractivity (Wildman–Crippen MR) is 71.2 cm³/mol. The van der Waals surface area contributed by atoms with E-state index in [-0.39, 0.29) is 6.42 Å². The summed E-state index contributed by atoms with van der Waals surface area (Å²) in [6.45, 7) is 1.68. The van der Waals surface area contributed by atoms with Crippen LogP contribution < -0.4 is 0 Å². The SMILES string of the molecule is Cc1c(CC#N)c2c(Cl)cccc2n1S(C)(=O)=O. The smallest absolute Gasteiger partial charge is 0.236 e. The largest absolute Gasteiger partial charge is 0.242 e. The number of halogens is 1. The summed E-state index contributed by atoms with van der Waals surface area (Å²) in [6, 6.07) is 7.12. The first-order valence-corrected chi connectivity index (χ1v) is 7.46. The van der Waals surface area contributed by atoms with E-state index in [1.165, 1.54) is 3.97 Å². The van der Waals surface area contributed by atoms with E-state index in [0.717, 1.165) is 6.26 Å². The zero-order valence-corrected chi connectivity index (χ0v) is 11.5. The van der Waals surface area contributed by atoms with Crippen LogP contribution in [-0.2, 0) is 16.4 Å². The second-order valence-corrected chi connectivity index (χ2v) is 6.30. The summed E-state index contributed by atoms with van der Waals surface area (Å²) in [7, 11) is -3.43. The number of aromatic nitrogens is 1. The fraction of sp³-hybridized carbons (Fsp3) is 0.250. The fourth-order valence-corrected chi connectivity index (χ4v) is 3.59. The van der Waals surface area contributed by atoms with Gasteiger partial charge in [-0.25, -0.2) is 12.4 Å². The number of nitriles is 1. The average molecular weight is 283 g/mol. The van der Waals surface area contributed by atoms with Gasteiger partial charge in [-0.3, -0.25) is 0 Å². The quantitative estimate of drug-likeness (QED) is 0.850. The van der Waals surface area contributed by atoms with Gasteiger partial charge in [0.1, 0.15) is 0 Å². The van der Waals surface area contributed by atoms with Crippen molar-refractivity contribution in [3.05, 3.63) is 34.5 Å². The van der Waals surface area contributed by atoms with Crippen LogP contribution in [0.5, 0.6) is 0 Å². The maximum atomic E-state index is 11.8. The molecule has 0 amide bonds. The molecule has 0 radical (unpaired) electrons. The van der Waals surface area contributed by atoms with E-state index in [9.17, 15) is 8.42 Å². The van der Waals surface area contributed by atoms with Gasteiger partial charge in [0.05, 0.1) is 29.3 Å². The van der Waals surface area contributed by atoms with Gasteiger partial charge in [0, 0.05) is 11.1 Å². The molecule has 2 aromatic rings. The first-order chi connectivity index (χ1) is 8.38. The molecular formula is C12H11ClN2O2S. The van der Waals surface area contributed by atoms with Crippen molar-refractivity contribution in [1.29, 1.82) is 5.26 Å². The predicted octanol–water partition coefficient (Wildman–Crippen LogP) is 2.48. The molecule has 1 aromatic carbocycles. The highest BCUT2D eigenvalue weighted by Gasteiger charge is 2.20. The molecule has 0 aliphatic rings. The Kier molecular flexibility index (Phi) is 3.09. The van der Waals surface area contributed by atoms with Crippen LogP contribution in [0.3, 0.4) is 0 Å². The van der Waals surface area contributed by atoms with Gasteiger partial charge in [-0.2, -0.15) is 5.26 Å². The lowest BCUT2D eigenvalue weighted by molar-refractivity contribution is 0.594. The Labute approximate surface area is 110 Å². The van der Waals surface area contributed by atoms with Gasteiger partial charge in [-0.05, 0) is 24.6 Å². The molecule has 0 fully saturated rings. The molecule has 0 saturated heterocycles. The second kappa shape index (κ2) is 4.30. The van der Waals surface area contributed by atoms with Crippen molar-refractivity contribution in [1.82, 2.24) is 3.97 Å². The van der Waals surface area contributed by atoms with Gasteiger partial charge < -0.3 is 0 Å². The van der Waals surface area contributed by atoms with Gasteiger partial charge in [0.15, 0.2) is 0 Å².